The van der Waals surface area contributed by atoms with Crippen molar-refractivity contribution in [2.45, 2.75) is 34.1 Å². The lowest BCUT2D eigenvalue weighted by atomic mass is 10.1. The van der Waals surface area contributed by atoms with Crippen molar-refractivity contribution in [3.63, 3.8) is 0 Å². The van der Waals surface area contributed by atoms with Crippen LogP contribution in [-0.4, -0.2) is 0 Å². The summed E-state index contributed by atoms with van der Waals surface area (Å²) in [6, 6.07) is 0. The maximum atomic E-state index is 3.93. The fourth-order valence-corrected chi connectivity index (χ4v) is 0.697. The van der Waals surface area contributed by atoms with E-state index in [0.29, 0.717) is 0 Å². The first-order chi connectivity index (χ1) is 5.49. The topological polar surface area (TPSA) is 12.0 Å². The molecule has 68 valence electrons. The molecule has 0 rings (SSSR count). The van der Waals surface area contributed by atoms with Crippen LogP contribution in [0, 0.1) is 0 Å². The number of hydrogen-bond donors (Lipinski definition) is 1. The van der Waals surface area contributed by atoms with E-state index in [1.54, 1.807) is 0 Å². The van der Waals surface area contributed by atoms with Gasteiger partial charge in [-0.3, -0.25) is 0 Å². The van der Waals surface area contributed by atoms with Crippen molar-refractivity contribution in [3.8, 4) is 0 Å². The van der Waals surface area contributed by atoms with Gasteiger partial charge in [-0.1, -0.05) is 25.7 Å². The highest BCUT2D eigenvalue weighted by Gasteiger charge is 1.98. The summed E-state index contributed by atoms with van der Waals surface area (Å²) in [5.74, 6) is 0. The van der Waals surface area contributed by atoms with Gasteiger partial charge < -0.3 is 5.32 Å². The molecule has 0 unspecified atom stereocenters. The SMILES string of the molecule is C=C(CC)NC(=C)C(C)=C(C)C. The molecule has 0 aliphatic heterocycles. The quantitative estimate of drug-likeness (QED) is 0.630. The summed E-state index contributed by atoms with van der Waals surface area (Å²) < 4.78 is 0. The molecule has 0 atom stereocenters. The van der Waals surface area contributed by atoms with Gasteiger partial charge in [0, 0.05) is 11.4 Å². The molecule has 0 heterocycles. The third-order valence-electron chi connectivity index (χ3n) is 1.96. The lowest BCUT2D eigenvalue weighted by Gasteiger charge is -2.12. The van der Waals surface area contributed by atoms with E-state index in [-0.39, 0.29) is 0 Å². The van der Waals surface area contributed by atoms with Gasteiger partial charge in [0.05, 0.1) is 0 Å². The number of rotatable bonds is 4. The first-order valence-corrected chi connectivity index (χ1v) is 4.27. The molecule has 0 aromatic rings. The molecule has 0 bridgehead atoms. The summed E-state index contributed by atoms with van der Waals surface area (Å²) in [6.07, 6.45) is 0.940. The third kappa shape index (κ3) is 3.42. The highest BCUT2D eigenvalue weighted by atomic mass is 14.9. The van der Waals surface area contributed by atoms with Crippen molar-refractivity contribution in [2.24, 2.45) is 0 Å². The molecule has 1 N–H and O–H groups in total. The Bertz CT molecular complexity index is 217. The minimum Gasteiger partial charge on any atom is -0.360 e. The summed E-state index contributed by atoms with van der Waals surface area (Å²) in [5.41, 5.74) is 4.48. The Morgan fingerprint density at radius 2 is 1.67 bits per heavy atom. The molecule has 1 nitrogen and oxygen atoms in total. The molecule has 0 aliphatic rings. The molecule has 0 aromatic heterocycles. The highest BCUT2D eigenvalue weighted by molar-refractivity contribution is 5.30. The van der Waals surface area contributed by atoms with E-state index in [1.165, 1.54) is 11.1 Å². The smallest absolute Gasteiger partial charge is 0.0337 e. The lowest BCUT2D eigenvalue weighted by molar-refractivity contribution is 0.903. The van der Waals surface area contributed by atoms with E-state index in [9.17, 15) is 0 Å². The van der Waals surface area contributed by atoms with Crippen LogP contribution in [0.15, 0.2) is 35.7 Å². The van der Waals surface area contributed by atoms with Crippen LogP contribution in [-0.2, 0) is 0 Å². The second kappa shape index (κ2) is 4.81. The van der Waals surface area contributed by atoms with Gasteiger partial charge in [0.2, 0.25) is 0 Å². The van der Waals surface area contributed by atoms with E-state index < -0.39 is 0 Å². The molecule has 1 heteroatoms. The Labute approximate surface area is 75.9 Å². The van der Waals surface area contributed by atoms with Crippen LogP contribution in [0.1, 0.15) is 34.1 Å². The number of nitrogens with one attached hydrogen (secondary N) is 1. The molecular weight excluding hydrogens is 146 g/mol. The normalized spacial score (nSPS) is 9.00. The van der Waals surface area contributed by atoms with Gasteiger partial charge in [-0.15, -0.1) is 0 Å². The summed E-state index contributed by atoms with van der Waals surface area (Å²) in [6.45, 7) is 16.1. The second-order valence-electron chi connectivity index (χ2n) is 3.19. The fraction of sp³-hybridized carbons (Fsp3) is 0.455. The van der Waals surface area contributed by atoms with Crippen molar-refractivity contribution >= 4 is 0 Å². The fourth-order valence-electron chi connectivity index (χ4n) is 0.697. The van der Waals surface area contributed by atoms with E-state index in [1.807, 2.05) is 0 Å². The zero-order chi connectivity index (χ0) is 9.72. The van der Waals surface area contributed by atoms with Crippen molar-refractivity contribution in [2.75, 3.05) is 0 Å². The highest BCUT2D eigenvalue weighted by Crippen LogP contribution is 2.10. The Kier molecular flexibility index (Phi) is 4.42. The van der Waals surface area contributed by atoms with Gasteiger partial charge in [-0.25, -0.2) is 0 Å². The summed E-state index contributed by atoms with van der Waals surface area (Å²) >= 11 is 0. The van der Waals surface area contributed by atoms with Crippen molar-refractivity contribution < 1.29 is 0 Å². The zero-order valence-electron chi connectivity index (χ0n) is 8.62. The van der Waals surface area contributed by atoms with E-state index >= 15 is 0 Å². The maximum absolute atomic E-state index is 3.93. The first-order valence-electron chi connectivity index (χ1n) is 4.27. The molecular formula is C11H19N. The predicted molar refractivity (Wildman–Crippen MR) is 55.8 cm³/mol. The van der Waals surface area contributed by atoms with E-state index in [0.717, 1.165) is 17.8 Å². The van der Waals surface area contributed by atoms with Gasteiger partial charge >= 0.3 is 0 Å². The molecule has 0 aromatic carbocycles. The Morgan fingerprint density at radius 1 is 1.17 bits per heavy atom. The van der Waals surface area contributed by atoms with Crippen LogP contribution in [0.3, 0.4) is 0 Å². The average molecular weight is 165 g/mol. The minimum absolute atomic E-state index is 0.940. The van der Waals surface area contributed by atoms with Gasteiger partial charge in [-0.2, -0.15) is 0 Å². The van der Waals surface area contributed by atoms with Crippen LogP contribution in [0.2, 0.25) is 0 Å². The van der Waals surface area contributed by atoms with Crippen LogP contribution < -0.4 is 5.32 Å². The Balaban J connectivity index is 4.25. The average Bonchev–Trinajstić information content (AvgIpc) is 2.02. The van der Waals surface area contributed by atoms with E-state index in [2.05, 4.69) is 46.2 Å². The Hall–Kier alpha value is -0.980. The number of allylic oxidation sites excluding steroid dienone is 3. The molecule has 0 saturated heterocycles. The number of hydrogen-bond acceptors (Lipinski definition) is 1. The first kappa shape index (κ1) is 11.0. The van der Waals surface area contributed by atoms with Gasteiger partial charge in [0.25, 0.3) is 0 Å². The van der Waals surface area contributed by atoms with Crippen LogP contribution in [0.25, 0.3) is 0 Å². The summed E-state index contributed by atoms with van der Waals surface area (Å²) in [5, 5.41) is 3.16. The molecule has 12 heavy (non-hydrogen) atoms. The van der Waals surface area contributed by atoms with Crippen molar-refractivity contribution in [1.82, 2.24) is 5.32 Å². The largest absolute Gasteiger partial charge is 0.360 e. The third-order valence-corrected chi connectivity index (χ3v) is 1.96. The monoisotopic (exact) mass is 165 g/mol. The van der Waals surface area contributed by atoms with Gasteiger partial charge in [0.15, 0.2) is 0 Å². The minimum atomic E-state index is 0.940. The predicted octanol–water partition coefficient (Wildman–Crippen LogP) is 3.37. The maximum Gasteiger partial charge on any atom is 0.0337 e. The lowest BCUT2D eigenvalue weighted by Crippen LogP contribution is -2.11. The molecule has 0 fully saturated rings. The van der Waals surface area contributed by atoms with Crippen LogP contribution >= 0.6 is 0 Å². The molecule has 0 spiro atoms. The zero-order valence-corrected chi connectivity index (χ0v) is 8.62. The molecule has 0 radical (unpaired) electrons. The van der Waals surface area contributed by atoms with Gasteiger partial charge in [0.1, 0.15) is 0 Å². The van der Waals surface area contributed by atoms with Crippen LogP contribution in [0.5, 0.6) is 0 Å². The van der Waals surface area contributed by atoms with Crippen molar-refractivity contribution in [1.29, 1.82) is 0 Å². The molecule has 0 amide bonds. The molecule has 0 aliphatic carbocycles. The second-order valence-corrected chi connectivity index (χ2v) is 3.19. The van der Waals surface area contributed by atoms with Crippen molar-refractivity contribution in [3.05, 3.63) is 35.7 Å². The van der Waals surface area contributed by atoms with E-state index in [4.69, 9.17) is 0 Å². The Morgan fingerprint density at radius 3 is 2.00 bits per heavy atom. The van der Waals surface area contributed by atoms with Crippen LogP contribution in [0.4, 0.5) is 0 Å². The molecule has 0 saturated carbocycles. The summed E-state index contributed by atoms with van der Waals surface area (Å²) in [7, 11) is 0. The summed E-state index contributed by atoms with van der Waals surface area (Å²) in [4.78, 5) is 0. The standard InChI is InChI=1S/C11H19N/c1-7-9(4)12-11(6)10(5)8(2)3/h12H,4,6-7H2,1-3,5H3. The van der Waals surface area contributed by atoms with Gasteiger partial charge in [-0.05, 0) is 32.8 Å².